The maximum absolute atomic E-state index is 5.52. The molecule has 1 aromatic carbocycles. The zero-order valence-corrected chi connectivity index (χ0v) is 9.63. The van der Waals surface area contributed by atoms with Crippen LogP contribution >= 0.6 is 0 Å². The Labute approximate surface area is 96.9 Å². The van der Waals surface area contributed by atoms with Gasteiger partial charge in [-0.05, 0) is 5.56 Å². The predicted molar refractivity (Wildman–Crippen MR) is 66.1 cm³/mol. The first kappa shape index (κ1) is 12.9. The van der Waals surface area contributed by atoms with E-state index < -0.39 is 0 Å². The first-order valence-corrected chi connectivity index (χ1v) is 5.39. The molecule has 2 N–H and O–H groups in total. The first-order valence-electron chi connectivity index (χ1n) is 5.39. The number of hydrogen-bond donors (Lipinski definition) is 1. The average Bonchev–Trinajstić information content (AvgIpc) is 2.34. The van der Waals surface area contributed by atoms with Gasteiger partial charge in [-0.2, -0.15) is 0 Å². The Hall–Kier alpha value is -1.16. The van der Waals surface area contributed by atoms with Crippen LogP contribution in [0.1, 0.15) is 5.56 Å². The lowest BCUT2D eigenvalue weighted by Gasteiger charge is -2.12. The summed E-state index contributed by atoms with van der Waals surface area (Å²) in [6.07, 6.45) is 3.99. The molecule has 3 heteroatoms. The van der Waals surface area contributed by atoms with Crippen molar-refractivity contribution in [3.63, 3.8) is 0 Å². The largest absolute Gasteiger partial charge is 0.382 e. The number of methoxy groups -OCH3 is 1. The van der Waals surface area contributed by atoms with E-state index in [9.17, 15) is 0 Å². The molecule has 0 spiro atoms. The van der Waals surface area contributed by atoms with E-state index >= 15 is 0 Å². The topological polar surface area (TPSA) is 44.5 Å². The summed E-state index contributed by atoms with van der Waals surface area (Å²) in [5, 5.41) is 0. The fourth-order valence-electron chi connectivity index (χ4n) is 1.31. The number of ether oxygens (including phenoxy) is 2. The minimum Gasteiger partial charge on any atom is -0.382 e. The van der Waals surface area contributed by atoms with Gasteiger partial charge in [-0.25, -0.2) is 0 Å². The van der Waals surface area contributed by atoms with Gasteiger partial charge in [0.15, 0.2) is 0 Å². The van der Waals surface area contributed by atoms with Crippen molar-refractivity contribution in [3.05, 3.63) is 42.0 Å². The van der Waals surface area contributed by atoms with Gasteiger partial charge in [-0.1, -0.05) is 42.5 Å². The number of hydrogen-bond acceptors (Lipinski definition) is 3. The lowest BCUT2D eigenvalue weighted by atomic mass is 10.2. The third-order valence-corrected chi connectivity index (χ3v) is 2.15. The summed E-state index contributed by atoms with van der Waals surface area (Å²) in [6.45, 7) is 1.57. The molecular weight excluding hydrogens is 202 g/mol. The standard InChI is InChI=1S/C13H19NO2/c1-15-11-13(10-14)16-9-5-8-12-6-3-2-4-7-12/h2-8,13H,9-11,14H2,1H3/b8-5+. The number of benzene rings is 1. The van der Waals surface area contributed by atoms with Crippen molar-refractivity contribution in [2.75, 3.05) is 26.9 Å². The summed E-state index contributed by atoms with van der Waals surface area (Å²) in [5.41, 5.74) is 6.69. The quantitative estimate of drug-likeness (QED) is 0.762. The summed E-state index contributed by atoms with van der Waals surface area (Å²) in [5.74, 6) is 0. The van der Waals surface area contributed by atoms with Crippen molar-refractivity contribution in [1.29, 1.82) is 0 Å². The van der Waals surface area contributed by atoms with Gasteiger partial charge in [-0.3, -0.25) is 0 Å². The van der Waals surface area contributed by atoms with E-state index in [4.69, 9.17) is 15.2 Å². The molecule has 1 atom stereocenters. The minimum atomic E-state index is -0.0228. The molecule has 0 aliphatic rings. The molecule has 0 bridgehead atoms. The molecule has 3 nitrogen and oxygen atoms in total. The van der Waals surface area contributed by atoms with Crippen LogP contribution in [0.25, 0.3) is 6.08 Å². The molecule has 0 aliphatic heterocycles. The number of rotatable bonds is 7. The minimum absolute atomic E-state index is 0.0228. The van der Waals surface area contributed by atoms with Crippen LogP contribution in [0.2, 0.25) is 0 Å². The SMILES string of the molecule is COCC(CN)OC/C=C/c1ccccc1. The predicted octanol–water partition coefficient (Wildman–Crippen LogP) is 1.69. The van der Waals surface area contributed by atoms with Crippen molar-refractivity contribution in [2.24, 2.45) is 5.73 Å². The van der Waals surface area contributed by atoms with Crippen LogP contribution in [-0.2, 0) is 9.47 Å². The molecule has 16 heavy (non-hydrogen) atoms. The summed E-state index contributed by atoms with van der Waals surface area (Å²) >= 11 is 0. The van der Waals surface area contributed by atoms with Gasteiger partial charge in [-0.15, -0.1) is 0 Å². The normalized spacial score (nSPS) is 13.1. The van der Waals surface area contributed by atoms with Crippen LogP contribution in [0.15, 0.2) is 36.4 Å². The van der Waals surface area contributed by atoms with E-state index in [-0.39, 0.29) is 6.10 Å². The van der Waals surface area contributed by atoms with Gasteiger partial charge in [0.1, 0.15) is 0 Å². The van der Waals surface area contributed by atoms with Gasteiger partial charge in [0, 0.05) is 13.7 Å². The maximum atomic E-state index is 5.52. The van der Waals surface area contributed by atoms with Crippen LogP contribution < -0.4 is 5.73 Å². The molecule has 0 aromatic heterocycles. The molecule has 1 rings (SSSR count). The molecule has 0 saturated carbocycles. The second-order valence-electron chi connectivity index (χ2n) is 3.46. The summed E-state index contributed by atoms with van der Waals surface area (Å²) in [4.78, 5) is 0. The molecule has 0 heterocycles. The lowest BCUT2D eigenvalue weighted by molar-refractivity contribution is 0.0171. The van der Waals surface area contributed by atoms with Gasteiger partial charge < -0.3 is 15.2 Å². The fraction of sp³-hybridized carbons (Fsp3) is 0.385. The monoisotopic (exact) mass is 221 g/mol. The third kappa shape index (κ3) is 5.07. The van der Waals surface area contributed by atoms with Crippen LogP contribution in [0.5, 0.6) is 0 Å². The highest BCUT2D eigenvalue weighted by atomic mass is 16.5. The zero-order chi connectivity index (χ0) is 11.6. The molecule has 0 saturated heterocycles. The molecule has 0 aliphatic carbocycles. The average molecular weight is 221 g/mol. The highest BCUT2D eigenvalue weighted by molar-refractivity contribution is 5.48. The third-order valence-electron chi connectivity index (χ3n) is 2.15. The first-order chi connectivity index (χ1) is 7.86. The Bertz CT molecular complexity index is 298. The smallest absolute Gasteiger partial charge is 0.0934 e. The van der Waals surface area contributed by atoms with Crippen molar-refractivity contribution >= 4 is 6.08 Å². The van der Waals surface area contributed by atoms with E-state index in [1.165, 1.54) is 5.56 Å². The Kier molecular flexibility index (Phi) is 6.49. The second kappa shape index (κ2) is 8.05. The Morgan fingerprint density at radius 1 is 1.31 bits per heavy atom. The van der Waals surface area contributed by atoms with Crippen LogP contribution in [0.4, 0.5) is 0 Å². The van der Waals surface area contributed by atoms with Crippen LogP contribution in [0.3, 0.4) is 0 Å². The van der Waals surface area contributed by atoms with Crippen molar-refractivity contribution in [1.82, 2.24) is 0 Å². The van der Waals surface area contributed by atoms with Gasteiger partial charge >= 0.3 is 0 Å². The maximum Gasteiger partial charge on any atom is 0.0934 e. The Morgan fingerprint density at radius 3 is 2.69 bits per heavy atom. The van der Waals surface area contributed by atoms with Crippen LogP contribution in [0, 0.1) is 0 Å². The molecule has 0 fully saturated rings. The molecular formula is C13H19NO2. The highest BCUT2D eigenvalue weighted by Gasteiger charge is 2.03. The molecule has 0 radical (unpaired) electrons. The van der Waals surface area contributed by atoms with Crippen molar-refractivity contribution in [2.45, 2.75) is 6.10 Å². The van der Waals surface area contributed by atoms with E-state index in [2.05, 4.69) is 0 Å². The summed E-state index contributed by atoms with van der Waals surface area (Å²) in [7, 11) is 1.64. The highest BCUT2D eigenvalue weighted by Crippen LogP contribution is 2.01. The molecule has 1 aromatic rings. The summed E-state index contributed by atoms with van der Waals surface area (Å²) < 4.78 is 10.5. The zero-order valence-electron chi connectivity index (χ0n) is 9.63. The van der Waals surface area contributed by atoms with Crippen molar-refractivity contribution < 1.29 is 9.47 Å². The van der Waals surface area contributed by atoms with Gasteiger partial charge in [0.2, 0.25) is 0 Å². The van der Waals surface area contributed by atoms with E-state index in [1.807, 2.05) is 42.5 Å². The van der Waals surface area contributed by atoms with Gasteiger partial charge in [0.05, 0.1) is 19.3 Å². The molecule has 88 valence electrons. The van der Waals surface area contributed by atoms with Crippen molar-refractivity contribution in [3.8, 4) is 0 Å². The van der Waals surface area contributed by atoms with E-state index in [1.54, 1.807) is 7.11 Å². The second-order valence-corrected chi connectivity index (χ2v) is 3.46. The van der Waals surface area contributed by atoms with E-state index in [0.29, 0.717) is 19.8 Å². The fourth-order valence-corrected chi connectivity index (χ4v) is 1.31. The van der Waals surface area contributed by atoms with Gasteiger partial charge in [0.25, 0.3) is 0 Å². The molecule has 0 amide bonds. The number of nitrogens with two attached hydrogens (primary N) is 1. The van der Waals surface area contributed by atoms with Crippen LogP contribution in [-0.4, -0.2) is 33.0 Å². The Balaban J connectivity index is 2.26. The lowest BCUT2D eigenvalue weighted by Crippen LogP contribution is -2.28. The van der Waals surface area contributed by atoms with E-state index in [0.717, 1.165) is 0 Å². The Morgan fingerprint density at radius 2 is 2.06 bits per heavy atom. The summed E-state index contributed by atoms with van der Waals surface area (Å²) in [6, 6.07) is 10.1. The molecule has 1 unspecified atom stereocenters.